The van der Waals surface area contributed by atoms with Crippen molar-refractivity contribution < 1.29 is 0 Å². The summed E-state index contributed by atoms with van der Waals surface area (Å²) in [4.78, 5) is 7.81. The fourth-order valence-corrected chi connectivity index (χ4v) is 1.11. The standard InChI is InChI=1S/C7H9ClN4S/c1-2-9-7(13)12-6-5(8)10-3-4-11-6/h3-4H,2H2,1H3,(H2,9,11,12,13). The zero-order valence-corrected chi connectivity index (χ0v) is 8.61. The molecule has 0 unspecified atom stereocenters. The molecule has 0 spiro atoms. The summed E-state index contributed by atoms with van der Waals surface area (Å²) in [5.74, 6) is 0.468. The Morgan fingerprint density at radius 2 is 2.23 bits per heavy atom. The van der Waals surface area contributed by atoms with Crippen LogP contribution in [0.1, 0.15) is 6.92 Å². The summed E-state index contributed by atoms with van der Waals surface area (Å²) < 4.78 is 0. The van der Waals surface area contributed by atoms with Gasteiger partial charge < -0.3 is 10.6 Å². The van der Waals surface area contributed by atoms with E-state index >= 15 is 0 Å². The highest BCUT2D eigenvalue weighted by atomic mass is 35.5. The normalized spacial score (nSPS) is 9.38. The summed E-state index contributed by atoms with van der Waals surface area (Å²) in [6.45, 7) is 2.70. The third-order valence-corrected chi connectivity index (χ3v) is 1.75. The van der Waals surface area contributed by atoms with E-state index in [9.17, 15) is 0 Å². The first-order chi connectivity index (χ1) is 6.24. The van der Waals surface area contributed by atoms with Crippen LogP contribution in [0.4, 0.5) is 5.82 Å². The predicted molar refractivity (Wildman–Crippen MR) is 56.9 cm³/mol. The number of halogens is 1. The summed E-state index contributed by atoms with van der Waals surface area (Å²) in [6, 6.07) is 0. The Kier molecular flexibility index (Phi) is 3.85. The molecule has 0 fully saturated rings. The van der Waals surface area contributed by atoms with Crippen molar-refractivity contribution in [3.8, 4) is 0 Å². The van der Waals surface area contributed by atoms with Crippen molar-refractivity contribution in [3.63, 3.8) is 0 Å². The van der Waals surface area contributed by atoms with Gasteiger partial charge in [-0.1, -0.05) is 11.6 Å². The van der Waals surface area contributed by atoms with Crippen LogP contribution >= 0.6 is 23.8 Å². The highest BCUT2D eigenvalue weighted by molar-refractivity contribution is 7.80. The molecule has 6 heteroatoms. The Hall–Kier alpha value is -0.940. The van der Waals surface area contributed by atoms with E-state index in [1.807, 2.05) is 6.92 Å². The fourth-order valence-electron chi connectivity index (χ4n) is 0.717. The predicted octanol–water partition coefficient (Wildman–Crippen LogP) is 1.44. The van der Waals surface area contributed by atoms with Crippen molar-refractivity contribution in [2.45, 2.75) is 6.92 Å². The molecule has 70 valence electrons. The number of nitrogens with one attached hydrogen (secondary N) is 2. The molecule has 0 saturated carbocycles. The molecule has 2 N–H and O–H groups in total. The maximum absolute atomic E-state index is 5.74. The Balaban J connectivity index is 2.63. The summed E-state index contributed by atoms with van der Waals surface area (Å²) in [7, 11) is 0. The van der Waals surface area contributed by atoms with Crippen LogP contribution in [0.25, 0.3) is 0 Å². The number of hydrogen-bond donors (Lipinski definition) is 2. The van der Waals surface area contributed by atoms with Gasteiger partial charge >= 0.3 is 0 Å². The van der Waals surface area contributed by atoms with Gasteiger partial charge in [0.2, 0.25) is 0 Å². The molecule has 0 atom stereocenters. The molecule has 4 nitrogen and oxygen atoms in total. The molecular formula is C7H9ClN4S. The summed E-state index contributed by atoms with van der Waals surface area (Å²) >= 11 is 10.7. The van der Waals surface area contributed by atoms with Gasteiger partial charge in [0.15, 0.2) is 16.1 Å². The van der Waals surface area contributed by atoms with Crippen molar-refractivity contribution in [2.75, 3.05) is 11.9 Å². The minimum absolute atomic E-state index is 0.308. The monoisotopic (exact) mass is 216 g/mol. The molecule has 0 aliphatic rings. The van der Waals surface area contributed by atoms with Crippen molar-refractivity contribution in [1.29, 1.82) is 0 Å². The molecule has 0 radical (unpaired) electrons. The average Bonchev–Trinajstić information content (AvgIpc) is 2.09. The minimum atomic E-state index is 0.308. The van der Waals surface area contributed by atoms with Gasteiger partial charge in [0.05, 0.1) is 0 Å². The van der Waals surface area contributed by atoms with Gasteiger partial charge in [0.1, 0.15) is 0 Å². The lowest BCUT2D eigenvalue weighted by atomic mass is 10.6. The number of aromatic nitrogens is 2. The Morgan fingerprint density at radius 1 is 1.54 bits per heavy atom. The minimum Gasteiger partial charge on any atom is -0.363 e. The Bertz CT molecular complexity index is 304. The van der Waals surface area contributed by atoms with E-state index in [2.05, 4.69) is 20.6 Å². The van der Waals surface area contributed by atoms with E-state index < -0.39 is 0 Å². The second-order valence-electron chi connectivity index (χ2n) is 2.18. The first kappa shape index (κ1) is 10.1. The van der Waals surface area contributed by atoms with Crippen LogP contribution in [-0.2, 0) is 0 Å². The second kappa shape index (κ2) is 4.94. The quantitative estimate of drug-likeness (QED) is 0.733. The van der Waals surface area contributed by atoms with E-state index in [-0.39, 0.29) is 0 Å². The lowest BCUT2D eigenvalue weighted by Crippen LogP contribution is -2.28. The topological polar surface area (TPSA) is 49.8 Å². The number of thiocarbonyl (C=S) groups is 1. The van der Waals surface area contributed by atoms with E-state index in [1.165, 1.54) is 6.20 Å². The molecule has 1 heterocycles. The average molecular weight is 217 g/mol. The van der Waals surface area contributed by atoms with Crippen LogP contribution in [-0.4, -0.2) is 21.6 Å². The number of hydrogen-bond acceptors (Lipinski definition) is 3. The fraction of sp³-hybridized carbons (Fsp3) is 0.286. The molecule has 0 aliphatic heterocycles. The van der Waals surface area contributed by atoms with Crippen LogP contribution < -0.4 is 10.6 Å². The SMILES string of the molecule is CCNC(=S)Nc1nccnc1Cl. The van der Waals surface area contributed by atoms with Crippen molar-refractivity contribution in [3.05, 3.63) is 17.5 Å². The van der Waals surface area contributed by atoms with Gasteiger partial charge in [-0.2, -0.15) is 0 Å². The summed E-state index contributed by atoms with van der Waals surface area (Å²) in [5, 5.41) is 6.54. The number of anilines is 1. The molecule has 1 rings (SSSR count). The molecule has 0 bridgehead atoms. The third kappa shape index (κ3) is 3.12. The molecule has 1 aromatic rings. The van der Waals surface area contributed by atoms with Gasteiger partial charge in [0, 0.05) is 18.9 Å². The maximum Gasteiger partial charge on any atom is 0.172 e. The number of nitrogens with zero attached hydrogens (tertiary/aromatic N) is 2. The first-order valence-electron chi connectivity index (χ1n) is 3.75. The highest BCUT2D eigenvalue weighted by Crippen LogP contribution is 2.13. The molecular weight excluding hydrogens is 208 g/mol. The van der Waals surface area contributed by atoms with E-state index in [1.54, 1.807) is 6.20 Å². The number of rotatable bonds is 2. The van der Waals surface area contributed by atoms with Gasteiger partial charge in [-0.3, -0.25) is 0 Å². The second-order valence-corrected chi connectivity index (χ2v) is 2.95. The molecule has 1 aromatic heterocycles. The van der Waals surface area contributed by atoms with E-state index in [0.717, 1.165) is 6.54 Å². The van der Waals surface area contributed by atoms with E-state index in [0.29, 0.717) is 16.1 Å². The summed E-state index contributed by atoms with van der Waals surface area (Å²) in [5.41, 5.74) is 0. The van der Waals surface area contributed by atoms with Crippen LogP contribution in [0.2, 0.25) is 5.15 Å². The Labute approximate surface area is 86.7 Å². The maximum atomic E-state index is 5.74. The Morgan fingerprint density at radius 3 is 2.85 bits per heavy atom. The lowest BCUT2D eigenvalue weighted by molar-refractivity contribution is 0.977. The first-order valence-corrected chi connectivity index (χ1v) is 4.54. The largest absolute Gasteiger partial charge is 0.363 e. The lowest BCUT2D eigenvalue weighted by Gasteiger charge is -2.07. The van der Waals surface area contributed by atoms with Gasteiger partial charge in [-0.25, -0.2) is 9.97 Å². The smallest absolute Gasteiger partial charge is 0.172 e. The third-order valence-electron chi connectivity index (χ3n) is 1.22. The molecule has 0 aliphatic carbocycles. The van der Waals surface area contributed by atoms with E-state index in [4.69, 9.17) is 23.8 Å². The van der Waals surface area contributed by atoms with Crippen molar-refractivity contribution >= 4 is 34.7 Å². The van der Waals surface area contributed by atoms with Gasteiger partial charge in [-0.15, -0.1) is 0 Å². The zero-order valence-electron chi connectivity index (χ0n) is 7.04. The van der Waals surface area contributed by atoms with Crippen molar-refractivity contribution in [1.82, 2.24) is 15.3 Å². The van der Waals surface area contributed by atoms with Gasteiger partial charge in [0.25, 0.3) is 0 Å². The molecule has 0 aromatic carbocycles. The van der Waals surface area contributed by atoms with Crippen LogP contribution in [0.15, 0.2) is 12.4 Å². The van der Waals surface area contributed by atoms with Crippen LogP contribution in [0.5, 0.6) is 0 Å². The zero-order chi connectivity index (χ0) is 9.68. The molecule has 13 heavy (non-hydrogen) atoms. The van der Waals surface area contributed by atoms with Crippen LogP contribution in [0.3, 0.4) is 0 Å². The van der Waals surface area contributed by atoms with Crippen LogP contribution in [0, 0.1) is 0 Å². The van der Waals surface area contributed by atoms with Crippen molar-refractivity contribution in [2.24, 2.45) is 0 Å². The molecule has 0 saturated heterocycles. The molecule has 0 amide bonds. The summed E-state index contributed by atoms with van der Waals surface area (Å²) in [6.07, 6.45) is 3.06. The van der Waals surface area contributed by atoms with Gasteiger partial charge in [-0.05, 0) is 19.1 Å². The highest BCUT2D eigenvalue weighted by Gasteiger charge is 2.02.